The zero-order valence-corrected chi connectivity index (χ0v) is 15.4. The monoisotopic (exact) mass is 338 g/mol. The van der Waals surface area contributed by atoms with E-state index in [2.05, 4.69) is 56.1 Å². The van der Waals surface area contributed by atoms with Crippen molar-refractivity contribution in [1.29, 1.82) is 0 Å². The molecule has 3 nitrogen and oxygen atoms in total. The first-order valence-electron chi connectivity index (χ1n) is 8.16. The van der Waals surface area contributed by atoms with Crippen LogP contribution >= 0.6 is 11.3 Å². The summed E-state index contributed by atoms with van der Waals surface area (Å²) in [6, 6.07) is 14.5. The van der Waals surface area contributed by atoms with E-state index in [4.69, 9.17) is 0 Å². The van der Waals surface area contributed by atoms with E-state index in [9.17, 15) is 4.79 Å². The van der Waals surface area contributed by atoms with Gasteiger partial charge in [0.05, 0.1) is 16.6 Å². The smallest absolute Gasteiger partial charge is 0.252 e. The largest absolute Gasteiger partial charge is 0.319 e. The summed E-state index contributed by atoms with van der Waals surface area (Å²) in [5.74, 6) is 0.395. The van der Waals surface area contributed by atoms with E-state index >= 15 is 0 Å². The molecule has 1 heterocycles. The molecule has 0 unspecified atom stereocenters. The Morgan fingerprint density at radius 2 is 1.88 bits per heavy atom. The Morgan fingerprint density at radius 3 is 2.54 bits per heavy atom. The van der Waals surface area contributed by atoms with E-state index in [1.807, 2.05) is 23.7 Å². The number of amides is 1. The third-order valence-electron chi connectivity index (χ3n) is 4.19. The first-order valence-corrected chi connectivity index (χ1v) is 8.98. The lowest BCUT2D eigenvalue weighted by Crippen LogP contribution is -2.14. The number of hydrogen-bond donors (Lipinski definition) is 0. The topological polar surface area (TPSA) is 34.4 Å². The lowest BCUT2D eigenvalue weighted by Gasteiger charge is -2.05. The summed E-state index contributed by atoms with van der Waals surface area (Å²) < 4.78 is 3.14. The number of aryl methyl sites for hydroxylation is 2. The number of fused-ring (bicyclic) bond motifs is 1. The Labute approximate surface area is 146 Å². The predicted octanol–water partition coefficient (Wildman–Crippen LogP) is 4.34. The van der Waals surface area contributed by atoms with Crippen LogP contribution in [0, 0.1) is 6.92 Å². The Bertz CT molecular complexity index is 946. The molecular formula is C20H22N2OS. The van der Waals surface area contributed by atoms with Gasteiger partial charge in [0.25, 0.3) is 5.91 Å². The molecule has 24 heavy (non-hydrogen) atoms. The molecule has 124 valence electrons. The average molecular weight is 338 g/mol. The van der Waals surface area contributed by atoms with Crippen molar-refractivity contribution in [2.45, 2.75) is 33.1 Å². The summed E-state index contributed by atoms with van der Waals surface area (Å²) >= 11 is 1.56. The summed E-state index contributed by atoms with van der Waals surface area (Å²) in [7, 11) is 1.96. The highest BCUT2D eigenvalue weighted by Crippen LogP contribution is 2.18. The second-order valence-electron chi connectivity index (χ2n) is 6.49. The quantitative estimate of drug-likeness (QED) is 0.699. The van der Waals surface area contributed by atoms with Gasteiger partial charge in [0.15, 0.2) is 4.80 Å². The predicted molar refractivity (Wildman–Crippen MR) is 100 cm³/mol. The van der Waals surface area contributed by atoms with E-state index in [0.717, 1.165) is 20.6 Å². The van der Waals surface area contributed by atoms with E-state index < -0.39 is 0 Å². The van der Waals surface area contributed by atoms with Crippen molar-refractivity contribution in [3.63, 3.8) is 0 Å². The molecular weight excluding hydrogens is 316 g/mol. The molecule has 1 amide bonds. The highest BCUT2D eigenvalue weighted by Gasteiger charge is 2.07. The average Bonchev–Trinajstić information content (AvgIpc) is 2.83. The molecule has 0 spiro atoms. The van der Waals surface area contributed by atoms with Crippen molar-refractivity contribution in [3.8, 4) is 0 Å². The van der Waals surface area contributed by atoms with Crippen LogP contribution in [0.3, 0.4) is 0 Å². The number of nitrogens with zero attached hydrogens (tertiary/aromatic N) is 2. The summed E-state index contributed by atoms with van der Waals surface area (Å²) in [6.07, 6.45) is 0.339. The van der Waals surface area contributed by atoms with E-state index in [1.54, 1.807) is 11.3 Å². The van der Waals surface area contributed by atoms with Gasteiger partial charge in [0.1, 0.15) is 0 Å². The Kier molecular flexibility index (Phi) is 4.67. The van der Waals surface area contributed by atoms with E-state index in [1.165, 1.54) is 11.1 Å². The number of hydrogen-bond acceptors (Lipinski definition) is 2. The molecule has 2 aromatic carbocycles. The molecule has 3 rings (SSSR count). The fourth-order valence-electron chi connectivity index (χ4n) is 2.69. The Hall–Kier alpha value is -2.20. The number of rotatable bonds is 3. The lowest BCUT2D eigenvalue weighted by molar-refractivity contribution is -0.117. The van der Waals surface area contributed by atoms with Gasteiger partial charge in [-0.05, 0) is 41.7 Å². The number of carbonyl (C=O) groups excluding carboxylic acids is 1. The standard InChI is InChI=1S/C20H22N2OS/c1-13(2)16-8-6-15(7-9-16)12-19(23)21-20-22(4)17-10-5-14(3)11-18(17)24-20/h5-11,13H,12H2,1-4H3. The molecule has 0 radical (unpaired) electrons. The number of benzene rings is 2. The minimum atomic E-state index is -0.105. The molecule has 0 bridgehead atoms. The van der Waals surface area contributed by atoms with Crippen LogP contribution in [0.25, 0.3) is 10.2 Å². The zero-order chi connectivity index (χ0) is 17.3. The van der Waals surface area contributed by atoms with Gasteiger partial charge in [0.2, 0.25) is 0 Å². The molecule has 4 heteroatoms. The SMILES string of the molecule is Cc1ccc2c(c1)sc(=NC(=O)Cc1ccc(C(C)C)cc1)n2C. The first kappa shape index (κ1) is 16.7. The van der Waals surface area contributed by atoms with Crippen LogP contribution in [0.4, 0.5) is 0 Å². The van der Waals surface area contributed by atoms with Gasteiger partial charge in [0, 0.05) is 7.05 Å². The van der Waals surface area contributed by atoms with Crippen molar-refractivity contribution in [1.82, 2.24) is 4.57 Å². The normalized spacial score (nSPS) is 12.3. The number of aromatic nitrogens is 1. The molecule has 0 saturated heterocycles. The molecule has 0 aliphatic heterocycles. The van der Waals surface area contributed by atoms with E-state index in [0.29, 0.717) is 12.3 Å². The van der Waals surface area contributed by atoms with Gasteiger partial charge in [-0.3, -0.25) is 4.79 Å². The number of thiazole rings is 1. The fraction of sp³-hybridized carbons (Fsp3) is 0.300. The third-order valence-corrected chi connectivity index (χ3v) is 5.28. The Balaban J connectivity index is 1.85. The molecule has 1 aromatic heterocycles. The molecule has 0 aliphatic carbocycles. The first-order chi connectivity index (χ1) is 11.4. The minimum Gasteiger partial charge on any atom is -0.319 e. The summed E-state index contributed by atoms with van der Waals surface area (Å²) in [4.78, 5) is 17.4. The van der Waals surface area contributed by atoms with Gasteiger partial charge in [-0.25, -0.2) is 0 Å². The molecule has 0 N–H and O–H groups in total. The van der Waals surface area contributed by atoms with Crippen LogP contribution in [-0.4, -0.2) is 10.5 Å². The van der Waals surface area contributed by atoms with Crippen molar-refractivity contribution < 1.29 is 4.79 Å². The fourth-order valence-corrected chi connectivity index (χ4v) is 3.82. The van der Waals surface area contributed by atoms with Gasteiger partial charge < -0.3 is 4.57 Å². The maximum atomic E-state index is 12.3. The lowest BCUT2D eigenvalue weighted by atomic mass is 10.0. The van der Waals surface area contributed by atoms with Gasteiger partial charge >= 0.3 is 0 Å². The second kappa shape index (κ2) is 6.73. The highest BCUT2D eigenvalue weighted by atomic mass is 32.1. The summed E-state index contributed by atoms with van der Waals surface area (Å²) in [5.41, 5.74) is 4.62. The van der Waals surface area contributed by atoms with Crippen LogP contribution in [0.15, 0.2) is 47.5 Å². The van der Waals surface area contributed by atoms with Crippen LogP contribution < -0.4 is 4.80 Å². The van der Waals surface area contributed by atoms with Gasteiger partial charge in [-0.2, -0.15) is 4.99 Å². The van der Waals surface area contributed by atoms with Crippen molar-refractivity contribution >= 4 is 27.5 Å². The van der Waals surface area contributed by atoms with Gasteiger partial charge in [-0.1, -0.05) is 55.5 Å². The summed E-state index contributed by atoms with van der Waals surface area (Å²) in [5, 5.41) is 0. The molecule has 0 fully saturated rings. The Morgan fingerprint density at radius 1 is 1.17 bits per heavy atom. The van der Waals surface area contributed by atoms with Crippen molar-refractivity contribution in [2.24, 2.45) is 12.0 Å². The van der Waals surface area contributed by atoms with Gasteiger partial charge in [-0.15, -0.1) is 0 Å². The molecule has 0 atom stereocenters. The zero-order valence-electron chi connectivity index (χ0n) is 14.5. The summed E-state index contributed by atoms with van der Waals surface area (Å²) in [6.45, 7) is 6.40. The highest BCUT2D eigenvalue weighted by molar-refractivity contribution is 7.16. The minimum absolute atomic E-state index is 0.105. The molecule has 0 saturated carbocycles. The van der Waals surface area contributed by atoms with Crippen LogP contribution in [0.1, 0.15) is 36.5 Å². The van der Waals surface area contributed by atoms with Crippen molar-refractivity contribution in [3.05, 3.63) is 64.0 Å². The van der Waals surface area contributed by atoms with Crippen LogP contribution in [0.5, 0.6) is 0 Å². The van der Waals surface area contributed by atoms with Crippen LogP contribution in [-0.2, 0) is 18.3 Å². The second-order valence-corrected chi connectivity index (χ2v) is 7.50. The van der Waals surface area contributed by atoms with Crippen molar-refractivity contribution in [2.75, 3.05) is 0 Å². The maximum Gasteiger partial charge on any atom is 0.252 e. The maximum absolute atomic E-state index is 12.3. The molecule has 0 aliphatic rings. The van der Waals surface area contributed by atoms with Crippen LogP contribution in [0.2, 0.25) is 0 Å². The third kappa shape index (κ3) is 3.49. The number of carbonyl (C=O) groups is 1. The van der Waals surface area contributed by atoms with E-state index in [-0.39, 0.29) is 5.91 Å². The molecule has 3 aromatic rings.